The highest BCUT2D eigenvalue weighted by Crippen LogP contribution is 2.11. The van der Waals surface area contributed by atoms with Gasteiger partial charge in [-0.25, -0.2) is 0 Å². The van der Waals surface area contributed by atoms with Crippen LogP contribution in [0, 0.1) is 0 Å². The molecule has 0 bridgehead atoms. The van der Waals surface area contributed by atoms with E-state index < -0.39 is 0 Å². The third-order valence-corrected chi connectivity index (χ3v) is 1.42. The maximum Gasteiger partial charge on any atom is 0.278 e. The number of ether oxygens (including phenoxy) is 1. The van der Waals surface area contributed by atoms with Gasteiger partial charge in [0.2, 0.25) is 0 Å². The van der Waals surface area contributed by atoms with Crippen molar-refractivity contribution in [1.82, 2.24) is 0 Å². The fraction of sp³-hybridized carbons (Fsp3) is 0.0909. The van der Waals surface area contributed by atoms with Crippen LogP contribution in [0.5, 0.6) is 5.75 Å². The van der Waals surface area contributed by atoms with E-state index in [0.717, 1.165) is 0 Å². The third kappa shape index (κ3) is 3.47. The van der Waals surface area contributed by atoms with Gasteiger partial charge in [-0.15, -0.1) is 6.58 Å². The van der Waals surface area contributed by atoms with Crippen LogP contribution in [-0.2, 0) is 0 Å². The zero-order valence-corrected chi connectivity index (χ0v) is 7.31. The van der Waals surface area contributed by atoms with Gasteiger partial charge in [0.15, 0.2) is 0 Å². The molecule has 0 aromatic heterocycles. The summed E-state index contributed by atoms with van der Waals surface area (Å²) in [5.74, 6) is 0.534. The van der Waals surface area contributed by atoms with Gasteiger partial charge in [-0.2, -0.15) is 0 Å². The molecule has 1 N–H and O–H groups in total. The molecule has 1 aromatic rings. The lowest BCUT2D eigenvalue weighted by molar-refractivity contribution is 0.207. The highest BCUT2D eigenvalue weighted by molar-refractivity contribution is 5.22. The molecule has 0 aliphatic rings. The van der Waals surface area contributed by atoms with E-state index in [4.69, 9.17) is 4.74 Å². The SMILES string of the molecule is C=CCC=C(O)Oc1ccccc1. The summed E-state index contributed by atoms with van der Waals surface area (Å²) in [6.07, 6.45) is 3.84. The van der Waals surface area contributed by atoms with Crippen LogP contribution in [-0.4, -0.2) is 5.11 Å². The van der Waals surface area contributed by atoms with E-state index in [9.17, 15) is 5.11 Å². The maximum atomic E-state index is 9.22. The Kier molecular flexibility index (Phi) is 3.64. The molecule has 68 valence electrons. The molecule has 0 aliphatic carbocycles. The van der Waals surface area contributed by atoms with E-state index in [1.807, 2.05) is 18.2 Å². The minimum atomic E-state index is -0.0916. The summed E-state index contributed by atoms with van der Waals surface area (Å²) in [6, 6.07) is 9.12. The fourth-order valence-corrected chi connectivity index (χ4v) is 0.835. The molecule has 0 saturated heterocycles. The molecule has 13 heavy (non-hydrogen) atoms. The van der Waals surface area contributed by atoms with Crippen molar-refractivity contribution in [3.8, 4) is 5.75 Å². The molecule has 1 rings (SSSR count). The number of hydrogen-bond acceptors (Lipinski definition) is 2. The van der Waals surface area contributed by atoms with Crippen LogP contribution in [0.3, 0.4) is 0 Å². The molecule has 0 fully saturated rings. The Morgan fingerprint density at radius 2 is 2.08 bits per heavy atom. The number of para-hydroxylation sites is 1. The lowest BCUT2D eigenvalue weighted by Crippen LogP contribution is -1.92. The molecule has 2 heteroatoms. The summed E-state index contributed by atoms with van der Waals surface area (Å²) in [5.41, 5.74) is 0. The number of aliphatic hydroxyl groups is 1. The second kappa shape index (κ2) is 5.04. The molecule has 0 amide bonds. The summed E-state index contributed by atoms with van der Waals surface area (Å²) >= 11 is 0. The molecule has 1 aromatic carbocycles. The van der Waals surface area contributed by atoms with Gasteiger partial charge >= 0.3 is 0 Å². The topological polar surface area (TPSA) is 29.5 Å². The van der Waals surface area contributed by atoms with Crippen molar-refractivity contribution in [2.24, 2.45) is 0 Å². The predicted molar refractivity (Wildman–Crippen MR) is 52.6 cm³/mol. The minimum absolute atomic E-state index is 0.0916. The summed E-state index contributed by atoms with van der Waals surface area (Å²) in [5, 5.41) is 9.22. The Morgan fingerprint density at radius 1 is 1.38 bits per heavy atom. The lowest BCUT2D eigenvalue weighted by Gasteiger charge is -2.02. The summed E-state index contributed by atoms with van der Waals surface area (Å²) in [7, 11) is 0. The van der Waals surface area contributed by atoms with E-state index in [1.54, 1.807) is 24.3 Å². The molecule has 0 unspecified atom stereocenters. The van der Waals surface area contributed by atoms with Crippen LogP contribution in [0.15, 0.2) is 55.0 Å². The third-order valence-electron chi connectivity index (χ3n) is 1.42. The van der Waals surface area contributed by atoms with Gasteiger partial charge in [0.05, 0.1) is 0 Å². The molecule has 0 radical (unpaired) electrons. The van der Waals surface area contributed by atoms with Crippen LogP contribution in [0.2, 0.25) is 0 Å². The van der Waals surface area contributed by atoms with E-state index in [1.165, 1.54) is 0 Å². The van der Waals surface area contributed by atoms with Gasteiger partial charge in [0.1, 0.15) is 5.75 Å². The quantitative estimate of drug-likeness (QED) is 0.564. The molecular formula is C11H12O2. The zero-order valence-electron chi connectivity index (χ0n) is 7.31. The summed E-state index contributed by atoms with van der Waals surface area (Å²) < 4.78 is 5.09. The number of rotatable bonds is 4. The van der Waals surface area contributed by atoms with Crippen LogP contribution >= 0.6 is 0 Å². The number of benzene rings is 1. The molecular weight excluding hydrogens is 164 g/mol. The van der Waals surface area contributed by atoms with Crippen molar-refractivity contribution in [2.75, 3.05) is 0 Å². The molecule has 0 aliphatic heterocycles. The van der Waals surface area contributed by atoms with Crippen LogP contribution in [0.1, 0.15) is 6.42 Å². The Bertz CT molecular complexity index is 288. The van der Waals surface area contributed by atoms with Crippen LogP contribution < -0.4 is 4.74 Å². The average Bonchev–Trinajstić information content (AvgIpc) is 2.16. The van der Waals surface area contributed by atoms with Gasteiger partial charge in [-0.05, 0) is 18.6 Å². The lowest BCUT2D eigenvalue weighted by atomic mass is 10.3. The van der Waals surface area contributed by atoms with Gasteiger partial charge in [0.25, 0.3) is 5.95 Å². The Balaban J connectivity index is 2.54. The van der Waals surface area contributed by atoms with Crippen molar-refractivity contribution in [3.05, 3.63) is 55.0 Å². The molecule has 0 spiro atoms. The van der Waals surface area contributed by atoms with Crippen molar-refractivity contribution in [3.63, 3.8) is 0 Å². The van der Waals surface area contributed by atoms with E-state index in [2.05, 4.69) is 6.58 Å². The highest BCUT2D eigenvalue weighted by Gasteiger charge is 1.94. The van der Waals surface area contributed by atoms with E-state index in [0.29, 0.717) is 12.2 Å². The highest BCUT2D eigenvalue weighted by atomic mass is 16.6. The van der Waals surface area contributed by atoms with Crippen molar-refractivity contribution in [2.45, 2.75) is 6.42 Å². The molecule has 0 atom stereocenters. The molecule has 0 saturated carbocycles. The number of allylic oxidation sites excluding steroid dienone is 2. The first-order valence-corrected chi connectivity index (χ1v) is 4.06. The Hall–Kier alpha value is -1.70. The van der Waals surface area contributed by atoms with Crippen molar-refractivity contribution in [1.29, 1.82) is 0 Å². The van der Waals surface area contributed by atoms with Gasteiger partial charge in [-0.1, -0.05) is 24.3 Å². The first kappa shape index (κ1) is 9.39. The maximum absolute atomic E-state index is 9.22. The first-order chi connectivity index (χ1) is 6.33. The smallest absolute Gasteiger partial charge is 0.278 e. The van der Waals surface area contributed by atoms with Gasteiger partial charge in [-0.3, -0.25) is 0 Å². The Labute approximate surface area is 77.8 Å². The second-order valence-corrected chi connectivity index (χ2v) is 2.48. The van der Waals surface area contributed by atoms with E-state index >= 15 is 0 Å². The summed E-state index contributed by atoms with van der Waals surface area (Å²) in [6.45, 7) is 3.53. The molecule has 0 heterocycles. The normalized spacial score (nSPS) is 10.9. The monoisotopic (exact) mass is 176 g/mol. The summed E-state index contributed by atoms with van der Waals surface area (Å²) in [4.78, 5) is 0. The van der Waals surface area contributed by atoms with E-state index in [-0.39, 0.29) is 5.95 Å². The largest absolute Gasteiger partial charge is 0.481 e. The average molecular weight is 176 g/mol. The minimum Gasteiger partial charge on any atom is -0.481 e. The predicted octanol–water partition coefficient (Wildman–Crippen LogP) is 3.04. The van der Waals surface area contributed by atoms with Crippen molar-refractivity contribution >= 4 is 0 Å². The second-order valence-electron chi connectivity index (χ2n) is 2.48. The zero-order chi connectivity index (χ0) is 9.52. The van der Waals surface area contributed by atoms with Gasteiger partial charge < -0.3 is 9.84 Å². The number of hydrogen-bond donors (Lipinski definition) is 1. The standard InChI is InChI=1S/C11H12O2/c1-2-3-9-11(12)13-10-7-5-4-6-8-10/h2,4-9,12H,1,3H2. The van der Waals surface area contributed by atoms with Crippen molar-refractivity contribution < 1.29 is 9.84 Å². The Morgan fingerprint density at radius 3 is 2.69 bits per heavy atom. The van der Waals surface area contributed by atoms with Gasteiger partial charge in [0, 0.05) is 6.08 Å². The fourth-order valence-electron chi connectivity index (χ4n) is 0.835. The van der Waals surface area contributed by atoms with Crippen LogP contribution in [0.4, 0.5) is 0 Å². The number of aliphatic hydroxyl groups excluding tert-OH is 1. The molecule has 2 nitrogen and oxygen atoms in total. The van der Waals surface area contributed by atoms with Crippen LogP contribution in [0.25, 0.3) is 0 Å². The first-order valence-electron chi connectivity index (χ1n) is 4.06.